The van der Waals surface area contributed by atoms with Gasteiger partial charge in [-0.15, -0.1) is 0 Å². The summed E-state index contributed by atoms with van der Waals surface area (Å²) < 4.78 is 1.74. The van der Waals surface area contributed by atoms with E-state index in [1.807, 2.05) is 44.3 Å². The minimum Gasteiger partial charge on any atom is -0.345 e. The first kappa shape index (κ1) is 12.8. The molecule has 0 radical (unpaired) electrons. The van der Waals surface area contributed by atoms with Gasteiger partial charge in [0.1, 0.15) is 5.01 Å². The van der Waals surface area contributed by atoms with Crippen molar-refractivity contribution in [3.8, 4) is 0 Å². The molecular weight excluding hydrogens is 272 g/mol. The molecule has 0 spiro atoms. The maximum atomic E-state index is 12.0. The first-order valence-electron chi connectivity index (χ1n) is 6.28. The van der Waals surface area contributed by atoms with E-state index in [9.17, 15) is 4.79 Å². The van der Waals surface area contributed by atoms with Crippen LogP contribution in [-0.4, -0.2) is 20.5 Å². The van der Waals surface area contributed by atoms with E-state index in [4.69, 9.17) is 0 Å². The van der Waals surface area contributed by atoms with E-state index in [1.165, 1.54) is 11.3 Å². The van der Waals surface area contributed by atoms with Crippen LogP contribution in [0.15, 0.2) is 30.5 Å². The Hall–Kier alpha value is -2.21. The summed E-state index contributed by atoms with van der Waals surface area (Å²) in [4.78, 5) is 17.2. The van der Waals surface area contributed by atoms with Crippen LogP contribution in [0.1, 0.15) is 26.6 Å². The molecule has 0 bridgehead atoms. The lowest BCUT2D eigenvalue weighted by molar-refractivity contribution is 0.0951. The Morgan fingerprint density at radius 2 is 2.05 bits per heavy atom. The van der Waals surface area contributed by atoms with Gasteiger partial charge in [0.25, 0.3) is 5.91 Å². The number of nitrogens with one attached hydrogen (secondary N) is 1. The van der Waals surface area contributed by atoms with Gasteiger partial charge in [-0.05, 0) is 26.0 Å². The van der Waals surface area contributed by atoms with Crippen molar-refractivity contribution in [1.29, 1.82) is 0 Å². The Kier molecular flexibility index (Phi) is 3.23. The molecule has 2 aromatic heterocycles. The molecule has 0 aliphatic rings. The molecule has 0 atom stereocenters. The number of hydrogen-bond acceptors (Lipinski definition) is 4. The number of carbonyl (C=O) groups is 1. The van der Waals surface area contributed by atoms with E-state index in [0.29, 0.717) is 12.1 Å². The predicted octanol–water partition coefficient (Wildman–Crippen LogP) is 2.34. The highest BCUT2D eigenvalue weighted by molar-refractivity contribution is 7.16. The Balaban J connectivity index is 1.67. The fourth-order valence-corrected chi connectivity index (χ4v) is 2.75. The van der Waals surface area contributed by atoms with E-state index in [0.717, 1.165) is 21.2 Å². The molecule has 0 aliphatic heterocycles. The minimum absolute atomic E-state index is 0.0889. The normalized spacial score (nSPS) is 10.9. The summed E-state index contributed by atoms with van der Waals surface area (Å²) in [7, 11) is 0. The predicted molar refractivity (Wildman–Crippen MR) is 78.0 cm³/mol. The lowest BCUT2D eigenvalue weighted by atomic mass is 10.1. The molecule has 1 amide bonds. The summed E-state index contributed by atoms with van der Waals surface area (Å²) in [6.07, 6.45) is 1.87. The third-order valence-electron chi connectivity index (χ3n) is 2.92. The Morgan fingerprint density at radius 1 is 1.30 bits per heavy atom. The number of imidazole rings is 1. The zero-order chi connectivity index (χ0) is 14.1. The van der Waals surface area contributed by atoms with Crippen molar-refractivity contribution in [3.63, 3.8) is 0 Å². The van der Waals surface area contributed by atoms with E-state index >= 15 is 0 Å². The number of rotatable bonds is 3. The highest BCUT2D eigenvalue weighted by Crippen LogP contribution is 2.14. The van der Waals surface area contributed by atoms with Crippen LogP contribution in [0, 0.1) is 13.8 Å². The molecule has 102 valence electrons. The van der Waals surface area contributed by atoms with E-state index in [-0.39, 0.29) is 5.91 Å². The second kappa shape index (κ2) is 5.05. The molecule has 0 fully saturated rings. The highest BCUT2D eigenvalue weighted by atomic mass is 32.1. The molecule has 3 rings (SSSR count). The maximum absolute atomic E-state index is 12.0. The van der Waals surface area contributed by atoms with Gasteiger partial charge in [0, 0.05) is 5.56 Å². The minimum atomic E-state index is -0.0889. The van der Waals surface area contributed by atoms with Gasteiger partial charge in [-0.25, -0.2) is 9.50 Å². The number of aromatic nitrogens is 3. The standard InChI is InChI=1S/C14H14N4OS/c1-9-3-5-11(6-4-9)13(19)15-7-12-17-18-8-10(2)16-14(18)20-12/h3-6,8H,7H2,1-2H3,(H,15,19). The van der Waals surface area contributed by atoms with E-state index in [1.54, 1.807) is 4.52 Å². The summed E-state index contributed by atoms with van der Waals surface area (Å²) in [5, 5.41) is 8.08. The van der Waals surface area contributed by atoms with Crippen molar-refractivity contribution in [3.05, 3.63) is 52.3 Å². The third kappa shape index (κ3) is 2.55. The Morgan fingerprint density at radius 3 is 2.75 bits per heavy atom. The largest absolute Gasteiger partial charge is 0.345 e. The highest BCUT2D eigenvalue weighted by Gasteiger charge is 2.09. The number of aryl methyl sites for hydroxylation is 2. The van der Waals surface area contributed by atoms with Gasteiger partial charge >= 0.3 is 0 Å². The van der Waals surface area contributed by atoms with Gasteiger partial charge in [-0.3, -0.25) is 4.79 Å². The molecule has 0 aliphatic carbocycles. The Bertz CT molecular complexity index is 726. The quantitative estimate of drug-likeness (QED) is 0.804. The number of hydrogen-bond donors (Lipinski definition) is 1. The smallest absolute Gasteiger partial charge is 0.251 e. The van der Waals surface area contributed by atoms with Crippen molar-refractivity contribution < 1.29 is 4.79 Å². The molecule has 6 heteroatoms. The Labute approximate surface area is 120 Å². The SMILES string of the molecule is Cc1ccc(C(=O)NCc2nn3cc(C)nc3s2)cc1. The number of benzene rings is 1. The average Bonchev–Trinajstić information content (AvgIpc) is 2.93. The number of amides is 1. The summed E-state index contributed by atoms with van der Waals surface area (Å²) in [6.45, 7) is 4.34. The van der Waals surface area contributed by atoms with Crippen LogP contribution in [0.3, 0.4) is 0 Å². The summed E-state index contributed by atoms with van der Waals surface area (Å²) in [5.41, 5.74) is 2.74. The van der Waals surface area contributed by atoms with Crippen LogP contribution in [0.25, 0.3) is 4.96 Å². The van der Waals surface area contributed by atoms with E-state index < -0.39 is 0 Å². The van der Waals surface area contributed by atoms with Gasteiger partial charge in [-0.1, -0.05) is 29.0 Å². The summed E-state index contributed by atoms with van der Waals surface area (Å²) in [5.74, 6) is -0.0889. The van der Waals surface area contributed by atoms with Crippen LogP contribution >= 0.6 is 11.3 Å². The summed E-state index contributed by atoms with van der Waals surface area (Å²) in [6, 6.07) is 7.50. The van der Waals surface area contributed by atoms with Crippen LogP contribution < -0.4 is 5.32 Å². The third-order valence-corrected chi connectivity index (χ3v) is 3.84. The fourth-order valence-electron chi connectivity index (χ4n) is 1.88. The van der Waals surface area contributed by atoms with Crippen LogP contribution in [0.5, 0.6) is 0 Å². The van der Waals surface area contributed by atoms with Crippen molar-refractivity contribution in [2.45, 2.75) is 20.4 Å². The lowest BCUT2D eigenvalue weighted by Crippen LogP contribution is -2.22. The van der Waals surface area contributed by atoms with Crippen LogP contribution in [-0.2, 0) is 6.54 Å². The summed E-state index contributed by atoms with van der Waals surface area (Å²) >= 11 is 1.48. The van der Waals surface area contributed by atoms with Gasteiger partial charge in [0.15, 0.2) is 0 Å². The molecule has 20 heavy (non-hydrogen) atoms. The molecule has 0 unspecified atom stereocenters. The molecular formula is C14H14N4OS. The van der Waals surface area contributed by atoms with Crippen LogP contribution in [0.2, 0.25) is 0 Å². The number of carbonyl (C=O) groups excluding carboxylic acids is 1. The zero-order valence-electron chi connectivity index (χ0n) is 11.3. The molecule has 5 nitrogen and oxygen atoms in total. The average molecular weight is 286 g/mol. The monoisotopic (exact) mass is 286 g/mol. The molecule has 0 saturated carbocycles. The second-order valence-corrected chi connectivity index (χ2v) is 5.69. The maximum Gasteiger partial charge on any atom is 0.251 e. The second-order valence-electron chi connectivity index (χ2n) is 4.65. The molecule has 3 aromatic rings. The molecule has 0 saturated heterocycles. The van der Waals surface area contributed by atoms with Gasteiger partial charge < -0.3 is 5.32 Å². The van der Waals surface area contributed by atoms with Crippen LogP contribution in [0.4, 0.5) is 0 Å². The van der Waals surface area contributed by atoms with Gasteiger partial charge in [0.05, 0.1) is 18.4 Å². The first-order chi connectivity index (χ1) is 9.61. The van der Waals surface area contributed by atoms with Crippen molar-refractivity contribution in [1.82, 2.24) is 19.9 Å². The number of nitrogens with zero attached hydrogens (tertiary/aromatic N) is 3. The van der Waals surface area contributed by atoms with E-state index in [2.05, 4.69) is 15.4 Å². The molecule has 1 N–H and O–H groups in total. The molecule has 1 aromatic carbocycles. The first-order valence-corrected chi connectivity index (χ1v) is 7.10. The fraction of sp³-hybridized carbons (Fsp3) is 0.214. The van der Waals surface area contributed by atoms with Crippen molar-refractivity contribution >= 4 is 22.2 Å². The van der Waals surface area contributed by atoms with Crippen molar-refractivity contribution in [2.24, 2.45) is 0 Å². The topological polar surface area (TPSA) is 59.3 Å². The lowest BCUT2D eigenvalue weighted by Gasteiger charge is -2.03. The van der Waals surface area contributed by atoms with Gasteiger partial charge in [0.2, 0.25) is 4.96 Å². The van der Waals surface area contributed by atoms with Gasteiger partial charge in [-0.2, -0.15) is 5.10 Å². The van der Waals surface area contributed by atoms with Crippen molar-refractivity contribution in [2.75, 3.05) is 0 Å². The zero-order valence-corrected chi connectivity index (χ0v) is 12.1. The molecule has 2 heterocycles. The number of fused-ring (bicyclic) bond motifs is 1.